The number of H-pyrrole nitrogens is 1. The summed E-state index contributed by atoms with van der Waals surface area (Å²) in [5.74, 6) is -0.390. The van der Waals surface area contributed by atoms with E-state index in [4.69, 9.17) is 5.73 Å². The molecule has 2 aromatic rings. The summed E-state index contributed by atoms with van der Waals surface area (Å²) in [6, 6.07) is 7.35. The Morgan fingerprint density at radius 3 is 2.69 bits per heavy atom. The molecule has 0 spiro atoms. The van der Waals surface area contributed by atoms with Crippen molar-refractivity contribution >= 4 is 5.69 Å². The maximum atomic E-state index is 13.6. The van der Waals surface area contributed by atoms with Gasteiger partial charge in [-0.3, -0.25) is 4.79 Å². The Labute approximate surface area is 91.7 Å². The molecule has 0 bridgehead atoms. The quantitative estimate of drug-likeness (QED) is 0.720. The second-order valence-corrected chi connectivity index (χ2v) is 3.66. The Hall–Kier alpha value is -2.10. The fourth-order valence-corrected chi connectivity index (χ4v) is 1.60. The summed E-state index contributed by atoms with van der Waals surface area (Å²) in [6.07, 6.45) is 0. The maximum Gasteiger partial charge on any atom is 0.248 e. The van der Waals surface area contributed by atoms with Crippen LogP contribution < -0.4 is 11.3 Å². The minimum absolute atomic E-state index is 0.253. The summed E-state index contributed by atoms with van der Waals surface area (Å²) >= 11 is 0. The number of nitrogen functional groups attached to an aromatic ring is 1. The van der Waals surface area contributed by atoms with Crippen molar-refractivity contribution in [3.8, 4) is 11.1 Å². The summed E-state index contributed by atoms with van der Waals surface area (Å²) < 4.78 is 13.6. The van der Waals surface area contributed by atoms with E-state index in [0.29, 0.717) is 22.5 Å². The van der Waals surface area contributed by atoms with Gasteiger partial charge in [-0.1, -0.05) is 0 Å². The average Bonchev–Trinajstić information content (AvgIpc) is 2.20. The first-order valence-corrected chi connectivity index (χ1v) is 4.82. The molecule has 0 aliphatic heterocycles. The largest absolute Gasteiger partial charge is 0.399 e. The van der Waals surface area contributed by atoms with Crippen LogP contribution in [0, 0.1) is 12.7 Å². The second kappa shape index (κ2) is 3.81. The van der Waals surface area contributed by atoms with Crippen LogP contribution in [-0.2, 0) is 0 Å². The van der Waals surface area contributed by atoms with Crippen LogP contribution in [0.2, 0.25) is 0 Å². The van der Waals surface area contributed by atoms with Crippen molar-refractivity contribution in [3.05, 3.63) is 52.2 Å². The van der Waals surface area contributed by atoms with Crippen molar-refractivity contribution in [1.29, 1.82) is 0 Å². The Morgan fingerprint density at radius 1 is 1.25 bits per heavy atom. The number of nitrogens with one attached hydrogen (secondary N) is 1. The van der Waals surface area contributed by atoms with Crippen molar-refractivity contribution < 1.29 is 4.39 Å². The van der Waals surface area contributed by atoms with Gasteiger partial charge in [-0.25, -0.2) is 4.39 Å². The van der Waals surface area contributed by atoms with Crippen LogP contribution in [0.25, 0.3) is 11.1 Å². The van der Waals surface area contributed by atoms with E-state index in [1.165, 1.54) is 24.3 Å². The van der Waals surface area contributed by atoms with Crippen molar-refractivity contribution in [2.75, 3.05) is 5.73 Å². The number of hydrogen-bond acceptors (Lipinski definition) is 2. The zero-order valence-corrected chi connectivity index (χ0v) is 8.75. The molecule has 16 heavy (non-hydrogen) atoms. The normalized spacial score (nSPS) is 10.4. The zero-order valence-electron chi connectivity index (χ0n) is 8.75. The first kappa shape index (κ1) is 10.4. The summed E-state index contributed by atoms with van der Waals surface area (Å²) in [4.78, 5) is 13.9. The first-order chi connectivity index (χ1) is 7.56. The number of aromatic nitrogens is 1. The highest BCUT2D eigenvalue weighted by Crippen LogP contribution is 2.24. The number of anilines is 1. The van der Waals surface area contributed by atoms with Gasteiger partial charge in [0.05, 0.1) is 0 Å². The Bertz CT molecular complexity index is 590. The van der Waals surface area contributed by atoms with Gasteiger partial charge in [-0.2, -0.15) is 0 Å². The first-order valence-electron chi connectivity index (χ1n) is 4.82. The third kappa shape index (κ3) is 1.95. The van der Waals surface area contributed by atoms with Crippen molar-refractivity contribution in [2.45, 2.75) is 6.92 Å². The molecule has 1 aromatic heterocycles. The third-order valence-electron chi connectivity index (χ3n) is 2.28. The lowest BCUT2D eigenvalue weighted by atomic mass is 10.0. The predicted octanol–water partition coefficient (Wildman–Crippen LogP) is 2.07. The van der Waals surface area contributed by atoms with Crippen LogP contribution in [0.4, 0.5) is 10.1 Å². The third-order valence-corrected chi connectivity index (χ3v) is 2.28. The number of pyridine rings is 1. The Balaban J connectivity index is 2.66. The van der Waals surface area contributed by atoms with E-state index in [1.54, 1.807) is 13.0 Å². The molecule has 0 saturated heterocycles. The lowest BCUT2D eigenvalue weighted by Gasteiger charge is -2.05. The maximum absolute atomic E-state index is 13.6. The highest BCUT2D eigenvalue weighted by Gasteiger charge is 2.06. The molecular formula is C12H11FN2O. The van der Waals surface area contributed by atoms with Gasteiger partial charge >= 0.3 is 0 Å². The van der Waals surface area contributed by atoms with Gasteiger partial charge in [0.2, 0.25) is 5.56 Å². The molecule has 82 valence electrons. The van der Waals surface area contributed by atoms with Gasteiger partial charge in [-0.15, -0.1) is 0 Å². The highest BCUT2D eigenvalue weighted by atomic mass is 19.1. The number of hydrogen-bond donors (Lipinski definition) is 2. The van der Waals surface area contributed by atoms with Crippen molar-refractivity contribution in [2.24, 2.45) is 0 Å². The monoisotopic (exact) mass is 218 g/mol. The van der Waals surface area contributed by atoms with Crippen LogP contribution >= 0.6 is 0 Å². The van der Waals surface area contributed by atoms with E-state index in [1.807, 2.05) is 0 Å². The molecule has 0 aliphatic carbocycles. The van der Waals surface area contributed by atoms with Gasteiger partial charge in [0.15, 0.2) is 0 Å². The molecule has 0 saturated carbocycles. The fourth-order valence-electron chi connectivity index (χ4n) is 1.60. The van der Waals surface area contributed by atoms with E-state index in [-0.39, 0.29) is 11.4 Å². The van der Waals surface area contributed by atoms with E-state index in [9.17, 15) is 9.18 Å². The van der Waals surface area contributed by atoms with Gasteiger partial charge < -0.3 is 10.7 Å². The molecule has 1 heterocycles. The predicted molar refractivity (Wildman–Crippen MR) is 61.6 cm³/mol. The Kier molecular flexibility index (Phi) is 2.48. The van der Waals surface area contributed by atoms with Crippen LogP contribution in [-0.4, -0.2) is 4.98 Å². The molecule has 1 aromatic carbocycles. The van der Waals surface area contributed by atoms with Crippen LogP contribution in [0.15, 0.2) is 35.1 Å². The molecule has 0 atom stereocenters. The fraction of sp³-hybridized carbons (Fsp3) is 0.0833. The van der Waals surface area contributed by atoms with Gasteiger partial charge in [0, 0.05) is 23.0 Å². The highest BCUT2D eigenvalue weighted by molar-refractivity contribution is 5.67. The molecule has 4 heteroatoms. The van der Waals surface area contributed by atoms with Gasteiger partial charge in [0.1, 0.15) is 5.82 Å². The number of halogens is 1. The van der Waals surface area contributed by atoms with Crippen LogP contribution in [0.3, 0.4) is 0 Å². The molecule has 0 radical (unpaired) electrons. The van der Waals surface area contributed by atoms with Crippen molar-refractivity contribution in [1.82, 2.24) is 4.98 Å². The summed E-state index contributed by atoms with van der Waals surface area (Å²) in [5.41, 5.74) is 7.36. The standard InChI is InChI=1S/C12H11FN2O/c1-7-4-8(5-12(16)15-7)10-6-9(14)2-3-11(10)13/h2-6H,14H2,1H3,(H,15,16). The lowest BCUT2D eigenvalue weighted by Crippen LogP contribution is -2.06. The molecule has 0 unspecified atom stereocenters. The van der Waals surface area contributed by atoms with E-state index < -0.39 is 0 Å². The van der Waals surface area contributed by atoms with Crippen molar-refractivity contribution in [3.63, 3.8) is 0 Å². The summed E-state index contributed by atoms with van der Waals surface area (Å²) in [5, 5.41) is 0. The average molecular weight is 218 g/mol. The molecule has 2 rings (SSSR count). The molecular weight excluding hydrogens is 207 g/mol. The van der Waals surface area contributed by atoms with Crippen LogP contribution in [0.1, 0.15) is 5.69 Å². The number of benzene rings is 1. The Morgan fingerprint density at radius 2 is 2.00 bits per heavy atom. The van der Waals surface area contributed by atoms with E-state index >= 15 is 0 Å². The molecule has 3 nitrogen and oxygen atoms in total. The zero-order chi connectivity index (χ0) is 11.7. The topological polar surface area (TPSA) is 58.9 Å². The number of nitrogens with two attached hydrogens (primary N) is 1. The lowest BCUT2D eigenvalue weighted by molar-refractivity contribution is 0.631. The van der Waals surface area contributed by atoms with E-state index in [0.717, 1.165) is 0 Å². The smallest absolute Gasteiger partial charge is 0.248 e. The van der Waals surface area contributed by atoms with E-state index in [2.05, 4.69) is 4.98 Å². The SMILES string of the molecule is Cc1cc(-c2cc(N)ccc2F)cc(=O)[nH]1. The molecule has 0 fully saturated rings. The minimum Gasteiger partial charge on any atom is -0.399 e. The summed E-state index contributed by atoms with van der Waals surface area (Å²) in [6.45, 7) is 1.75. The van der Waals surface area contributed by atoms with Crippen LogP contribution in [0.5, 0.6) is 0 Å². The summed E-state index contributed by atoms with van der Waals surface area (Å²) in [7, 11) is 0. The number of rotatable bonds is 1. The second-order valence-electron chi connectivity index (χ2n) is 3.66. The number of aromatic amines is 1. The molecule has 3 N–H and O–H groups in total. The molecule has 0 aliphatic rings. The minimum atomic E-state index is -0.390. The van der Waals surface area contributed by atoms with Gasteiger partial charge in [0.25, 0.3) is 0 Å². The number of aryl methyl sites for hydroxylation is 1. The molecule has 0 amide bonds. The van der Waals surface area contributed by atoms with Gasteiger partial charge in [-0.05, 0) is 36.8 Å².